The molecule has 9 nitrogen and oxygen atoms in total. The van der Waals surface area contributed by atoms with E-state index in [0.717, 1.165) is 4.88 Å². The number of rotatable bonds is 8. The Morgan fingerprint density at radius 1 is 1.16 bits per heavy atom. The molecule has 0 aliphatic carbocycles. The molecule has 1 amide bonds. The summed E-state index contributed by atoms with van der Waals surface area (Å²) in [5.41, 5.74) is 3.10. The van der Waals surface area contributed by atoms with Gasteiger partial charge in [-0.3, -0.25) is 14.9 Å². The van der Waals surface area contributed by atoms with Crippen molar-refractivity contribution in [2.75, 3.05) is 7.11 Å². The molecule has 0 saturated heterocycles. The number of hydrogen-bond acceptors (Lipinski definition) is 8. The van der Waals surface area contributed by atoms with Crippen molar-refractivity contribution < 1.29 is 24.0 Å². The second kappa shape index (κ2) is 10.1. The Morgan fingerprint density at radius 2 is 1.94 bits per heavy atom. The number of nitro groups is 1. The smallest absolute Gasteiger partial charge is 0.343 e. The molecule has 158 valence electrons. The van der Waals surface area contributed by atoms with Gasteiger partial charge < -0.3 is 9.47 Å². The van der Waals surface area contributed by atoms with Crippen molar-refractivity contribution in [3.05, 3.63) is 86.1 Å². The molecule has 0 spiro atoms. The molecule has 3 rings (SSSR count). The van der Waals surface area contributed by atoms with E-state index in [0.29, 0.717) is 5.56 Å². The average molecular weight is 439 g/mol. The first-order valence-electron chi connectivity index (χ1n) is 8.95. The van der Waals surface area contributed by atoms with Gasteiger partial charge in [-0.2, -0.15) is 5.10 Å². The van der Waals surface area contributed by atoms with E-state index < -0.39 is 10.9 Å². The number of thiophene rings is 1. The number of carbonyl (C=O) groups excluding carboxylic acids is 2. The van der Waals surface area contributed by atoms with Crippen LogP contribution < -0.4 is 14.9 Å². The van der Waals surface area contributed by atoms with Gasteiger partial charge >= 0.3 is 5.97 Å². The standard InChI is InChI=1S/C21H17N3O6S/c1-29-19-11-14(13-22-23-20(25)12-17-3-2-10-31-17)4-9-18(19)30-21(26)15-5-7-16(8-6-15)24(27)28/h2-11,13H,12H2,1H3,(H,23,25)/b22-13-. The van der Waals surface area contributed by atoms with Crippen LogP contribution in [0.2, 0.25) is 0 Å². The minimum absolute atomic E-state index is 0.125. The Morgan fingerprint density at radius 3 is 2.58 bits per heavy atom. The van der Waals surface area contributed by atoms with Gasteiger partial charge in [0.25, 0.3) is 5.69 Å². The monoisotopic (exact) mass is 439 g/mol. The van der Waals surface area contributed by atoms with Gasteiger partial charge in [-0.15, -0.1) is 11.3 Å². The van der Waals surface area contributed by atoms with Crippen LogP contribution >= 0.6 is 11.3 Å². The maximum atomic E-state index is 12.3. The summed E-state index contributed by atoms with van der Waals surface area (Å²) in [6.45, 7) is 0. The van der Waals surface area contributed by atoms with Crippen LogP contribution in [0.1, 0.15) is 20.8 Å². The Labute approximate surface area is 181 Å². The number of carbonyl (C=O) groups is 2. The normalized spacial score (nSPS) is 10.6. The zero-order chi connectivity index (χ0) is 22.2. The van der Waals surface area contributed by atoms with Gasteiger partial charge in [0.1, 0.15) is 0 Å². The van der Waals surface area contributed by atoms with Crippen LogP contribution in [-0.2, 0) is 11.2 Å². The molecule has 0 bridgehead atoms. The molecule has 1 aromatic heterocycles. The Bertz CT molecular complexity index is 1110. The fourth-order valence-corrected chi connectivity index (χ4v) is 3.22. The molecule has 0 aliphatic rings. The minimum Gasteiger partial charge on any atom is -0.493 e. The van der Waals surface area contributed by atoms with Gasteiger partial charge in [0.05, 0.1) is 30.2 Å². The van der Waals surface area contributed by atoms with Crippen LogP contribution in [0.4, 0.5) is 5.69 Å². The largest absolute Gasteiger partial charge is 0.493 e. The first-order chi connectivity index (χ1) is 15.0. The first-order valence-corrected chi connectivity index (χ1v) is 9.83. The predicted molar refractivity (Wildman–Crippen MR) is 115 cm³/mol. The van der Waals surface area contributed by atoms with Gasteiger partial charge in [0.15, 0.2) is 11.5 Å². The van der Waals surface area contributed by atoms with Crippen molar-refractivity contribution in [3.63, 3.8) is 0 Å². The number of amides is 1. The first kappa shape index (κ1) is 21.7. The topological polar surface area (TPSA) is 120 Å². The highest BCUT2D eigenvalue weighted by Gasteiger charge is 2.14. The van der Waals surface area contributed by atoms with Crippen LogP contribution in [0.3, 0.4) is 0 Å². The summed E-state index contributed by atoms with van der Waals surface area (Å²) in [7, 11) is 1.42. The molecule has 3 aromatic rings. The third-order valence-corrected chi connectivity index (χ3v) is 4.90. The molecule has 0 aliphatic heterocycles. The van der Waals surface area contributed by atoms with Crippen LogP contribution in [-0.4, -0.2) is 30.1 Å². The molecule has 0 saturated carbocycles. The van der Waals surface area contributed by atoms with E-state index in [2.05, 4.69) is 10.5 Å². The number of ether oxygens (including phenoxy) is 2. The highest BCUT2D eigenvalue weighted by atomic mass is 32.1. The van der Waals surface area contributed by atoms with E-state index in [4.69, 9.17) is 9.47 Å². The number of hydrogen-bond donors (Lipinski definition) is 1. The second-order valence-corrected chi connectivity index (χ2v) is 7.19. The van der Waals surface area contributed by atoms with Crippen molar-refractivity contribution >= 4 is 35.1 Å². The lowest BCUT2D eigenvalue weighted by Crippen LogP contribution is -2.19. The lowest BCUT2D eigenvalue weighted by molar-refractivity contribution is -0.384. The highest BCUT2D eigenvalue weighted by molar-refractivity contribution is 7.10. The summed E-state index contributed by atoms with van der Waals surface area (Å²) in [5.74, 6) is -0.469. The van der Waals surface area contributed by atoms with Crippen LogP contribution in [0.25, 0.3) is 0 Å². The summed E-state index contributed by atoms with van der Waals surface area (Å²) in [5, 5.41) is 16.5. The zero-order valence-corrected chi connectivity index (χ0v) is 17.1. The molecule has 0 unspecified atom stereocenters. The molecule has 2 aromatic carbocycles. The van der Waals surface area contributed by atoms with Gasteiger partial charge in [-0.25, -0.2) is 10.2 Å². The Kier molecular flexibility index (Phi) is 7.07. The van der Waals surface area contributed by atoms with Gasteiger partial charge in [0, 0.05) is 17.0 Å². The minimum atomic E-state index is -0.685. The lowest BCUT2D eigenvalue weighted by Gasteiger charge is -2.10. The lowest BCUT2D eigenvalue weighted by atomic mass is 10.2. The van der Waals surface area contributed by atoms with Crippen molar-refractivity contribution in [3.8, 4) is 11.5 Å². The number of non-ortho nitro benzene ring substituents is 1. The molecule has 0 radical (unpaired) electrons. The number of nitrogens with one attached hydrogen (secondary N) is 1. The molecule has 31 heavy (non-hydrogen) atoms. The second-order valence-electron chi connectivity index (χ2n) is 6.15. The quantitative estimate of drug-likeness (QED) is 0.188. The number of benzene rings is 2. The fourth-order valence-electron chi connectivity index (χ4n) is 2.52. The highest BCUT2D eigenvalue weighted by Crippen LogP contribution is 2.28. The molecule has 1 heterocycles. The van der Waals surface area contributed by atoms with Gasteiger partial charge in [0.2, 0.25) is 5.91 Å². The summed E-state index contributed by atoms with van der Waals surface area (Å²) in [6, 6.07) is 13.6. The van der Waals surface area contributed by atoms with E-state index in [-0.39, 0.29) is 35.1 Å². The fraction of sp³-hybridized carbons (Fsp3) is 0.0952. The number of nitrogens with zero attached hydrogens (tertiary/aromatic N) is 2. The van der Waals surface area contributed by atoms with E-state index >= 15 is 0 Å². The third-order valence-electron chi connectivity index (χ3n) is 4.02. The summed E-state index contributed by atoms with van der Waals surface area (Å²) in [4.78, 5) is 35.3. The van der Waals surface area contributed by atoms with Crippen molar-refractivity contribution in [1.82, 2.24) is 5.43 Å². The number of methoxy groups -OCH3 is 1. The van der Waals surface area contributed by atoms with E-state index in [9.17, 15) is 19.7 Å². The maximum absolute atomic E-state index is 12.3. The van der Waals surface area contributed by atoms with Crippen molar-refractivity contribution in [2.45, 2.75) is 6.42 Å². The molecule has 0 fully saturated rings. The maximum Gasteiger partial charge on any atom is 0.343 e. The number of esters is 1. The summed E-state index contributed by atoms with van der Waals surface area (Å²) >= 11 is 1.49. The molecule has 1 N–H and O–H groups in total. The summed E-state index contributed by atoms with van der Waals surface area (Å²) < 4.78 is 10.6. The van der Waals surface area contributed by atoms with E-state index in [1.807, 2.05) is 17.5 Å². The van der Waals surface area contributed by atoms with E-state index in [1.54, 1.807) is 12.1 Å². The number of nitro benzene ring substituents is 1. The van der Waals surface area contributed by atoms with Crippen molar-refractivity contribution in [1.29, 1.82) is 0 Å². The van der Waals surface area contributed by atoms with Gasteiger partial charge in [-0.05, 0) is 47.3 Å². The van der Waals surface area contributed by atoms with Crippen molar-refractivity contribution in [2.24, 2.45) is 5.10 Å². The van der Waals surface area contributed by atoms with Crippen LogP contribution in [0, 0.1) is 10.1 Å². The SMILES string of the molecule is COc1cc(/C=N\NC(=O)Cc2cccs2)ccc1OC(=O)c1ccc([N+](=O)[O-])cc1. The third kappa shape index (κ3) is 5.97. The number of hydrazone groups is 1. The van der Waals surface area contributed by atoms with Crippen LogP contribution in [0.5, 0.6) is 11.5 Å². The molecular formula is C21H17N3O6S. The molecular weight excluding hydrogens is 422 g/mol. The summed E-state index contributed by atoms with van der Waals surface area (Å²) in [6.07, 6.45) is 1.69. The zero-order valence-electron chi connectivity index (χ0n) is 16.3. The molecule has 0 atom stereocenters. The molecule has 10 heteroatoms. The predicted octanol–water partition coefficient (Wildman–Crippen LogP) is 3.58. The average Bonchev–Trinajstić information content (AvgIpc) is 3.27. The Balaban J connectivity index is 1.63. The van der Waals surface area contributed by atoms with Gasteiger partial charge in [-0.1, -0.05) is 6.07 Å². The van der Waals surface area contributed by atoms with Crippen LogP contribution in [0.15, 0.2) is 65.1 Å². The Hall–Kier alpha value is -4.05. The van der Waals surface area contributed by atoms with E-state index in [1.165, 1.54) is 55.0 Å².